The maximum Gasteiger partial charge on any atom is 0.414 e. The second-order valence-electron chi connectivity index (χ2n) is 4.58. The topological polar surface area (TPSA) is 84.7 Å². The fraction of sp³-hybridized carbons (Fsp3) is 0.308. The molecule has 0 aromatic heterocycles. The van der Waals surface area contributed by atoms with Crippen LogP contribution in [0.2, 0.25) is 0 Å². The van der Waals surface area contributed by atoms with Gasteiger partial charge in [-0.15, -0.1) is 0 Å². The minimum absolute atomic E-state index is 0.221. The highest BCUT2D eigenvalue weighted by Crippen LogP contribution is 2.23. The first-order valence-electron chi connectivity index (χ1n) is 6.20. The molecule has 1 heterocycles. The predicted molar refractivity (Wildman–Crippen MR) is 78.8 cm³/mol. The molecule has 112 valence electrons. The number of halogens is 1. The first-order chi connectivity index (χ1) is 9.88. The molecule has 3 N–H and O–H groups in total. The third kappa shape index (κ3) is 3.46. The number of anilines is 1. The van der Waals surface area contributed by atoms with E-state index in [0.717, 1.165) is 6.07 Å². The molecule has 2 amide bonds. The van der Waals surface area contributed by atoms with Gasteiger partial charge in [-0.05, 0) is 25.1 Å². The largest absolute Gasteiger partial charge is 0.442 e. The van der Waals surface area contributed by atoms with Crippen molar-refractivity contribution in [1.82, 2.24) is 5.32 Å². The smallest absolute Gasteiger partial charge is 0.414 e. The molecule has 8 heteroatoms. The van der Waals surface area contributed by atoms with Gasteiger partial charge in [-0.2, -0.15) is 0 Å². The summed E-state index contributed by atoms with van der Waals surface area (Å²) in [6.45, 7) is 2.38. The number of benzene rings is 1. The van der Waals surface area contributed by atoms with Crippen LogP contribution in [0.4, 0.5) is 14.9 Å². The number of nitrogens with zero attached hydrogens (tertiary/aromatic N) is 1. The van der Waals surface area contributed by atoms with Gasteiger partial charge in [0.1, 0.15) is 11.9 Å². The Kier molecular flexibility index (Phi) is 4.37. The number of cyclic esters (lactones) is 1. The first-order valence-corrected chi connectivity index (χ1v) is 6.61. The number of ether oxygens (including phenoxy) is 1. The lowest BCUT2D eigenvalue weighted by atomic mass is 10.1. The van der Waals surface area contributed by atoms with E-state index in [4.69, 9.17) is 22.7 Å². The van der Waals surface area contributed by atoms with E-state index < -0.39 is 17.8 Å². The standard InChI is InChI=1S/C13H14FN3O3S/c1-7(21)16-5-9-6-17(13(19)20-9)8-2-3-10(12(15)18)11(14)4-8/h2-4,9H,5-6H2,1H3,(H2,15,18)(H,16,21)/t9-/m0/s1. The number of thiocarbonyl (C=S) groups is 1. The highest BCUT2D eigenvalue weighted by atomic mass is 32.1. The molecule has 0 aliphatic carbocycles. The lowest BCUT2D eigenvalue weighted by Gasteiger charge is -2.14. The molecule has 1 aliphatic rings. The van der Waals surface area contributed by atoms with Gasteiger partial charge in [0.05, 0.1) is 29.3 Å². The minimum Gasteiger partial charge on any atom is -0.442 e. The Labute approximate surface area is 126 Å². The van der Waals surface area contributed by atoms with Gasteiger partial charge in [-0.25, -0.2) is 9.18 Å². The molecule has 2 rings (SSSR count). The molecule has 1 aromatic carbocycles. The maximum absolute atomic E-state index is 13.7. The van der Waals surface area contributed by atoms with Gasteiger partial charge in [0.15, 0.2) is 0 Å². The zero-order chi connectivity index (χ0) is 15.6. The highest BCUT2D eigenvalue weighted by Gasteiger charge is 2.32. The molecule has 1 atom stereocenters. The van der Waals surface area contributed by atoms with Gasteiger partial charge in [-0.1, -0.05) is 12.2 Å². The highest BCUT2D eigenvalue weighted by molar-refractivity contribution is 7.80. The lowest BCUT2D eigenvalue weighted by molar-refractivity contribution is 0.0996. The van der Waals surface area contributed by atoms with Crippen LogP contribution >= 0.6 is 12.2 Å². The molecule has 0 unspecified atom stereocenters. The Morgan fingerprint density at radius 3 is 2.90 bits per heavy atom. The van der Waals surface area contributed by atoms with Gasteiger partial charge in [-0.3, -0.25) is 9.69 Å². The number of nitrogens with two attached hydrogens (primary N) is 1. The van der Waals surface area contributed by atoms with Crippen molar-refractivity contribution in [2.24, 2.45) is 5.73 Å². The van der Waals surface area contributed by atoms with Gasteiger partial charge < -0.3 is 15.8 Å². The van der Waals surface area contributed by atoms with Gasteiger partial charge in [0.25, 0.3) is 5.91 Å². The maximum atomic E-state index is 13.7. The third-order valence-electron chi connectivity index (χ3n) is 2.98. The summed E-state index contributed by atoms with van der Waals surface area (Å²) in [6.07, 6.45) is -0.954. The van der Waals surface area contributed by atoms with Crippen LogP contribution in [-0.2, 0) is 4.74 Å². The summed E-state index contributed by atoms with van der Waals surface area (Å²) in [5, 5.41) is 2.91. The van der Waals surface area contributed by atoms with E-state index in [-0.39, 0.29) is 18.2 Å². The van der Waals surface area contributed by atoms with E-state index in [1.807, 2.05) is 0 Å². The zero-order valence-electron chi connectivity index (χ0n) is 11.3. The predicted octanol–water partition coefficient (Wildman–Crippen LogP) is 1.19. The number of primary amides is 1. The van der Waals surface area contributed by atoms with E-state index >= 15 is 0 Å². The number of carbonyl (C=O) groups is 2. The molecule has 0 spiro atoms. The summed E-state index contributed by atoms with van der Waals surface area (Å²) < 4.78 is 18.9. The second kappa shape index (κ2) is 6.04. The quantitative estimate of drug-likeness (QED) is 0.816. The van der Waals surface area contributed by atoms with Crippen molar-refractivity contribution in [3.05, 3.63) is 29.6 Å². The summed E-state index contributed by atoms with van der Waals surface area (Å²) in [6, 6.07) is 3.78. The molecule has 0 radical (unpaired) electrons. The molecule has 21 heavy (non-hydrogen) atoms. The molecule has 1 aliphatic heterocycles. The SMILES string of the molecule is CC(=S)NC[C@H]1CN(c2ccc(C(N)=O)c(F)c2)C(=O)O1. The van der Waals surface area contributed by atoms with Crippen LogP contribution in [0.15, 0.2) is 18.2 Å². The van der Waals surface area contributed by atoms with Crippen LogP contribution in [0.1, 0.15) is 17.3 Å². The van der Waals surface area contributed by atoms with Crippen LogP contribution in [0.5, 0.6) is 0 Å². The van der Waals surface area contributed by atoms with E-state index in [9.17, 15) is 14.0 Å². The zero-order valence-corrected chi connectivity index (χ0v) is 12.1. The Balaban J connectivity index is 2.12. The average Bonchev–Trinajstić information content (AvgIpc) is 2.77. The summed E-state index contributed by atoms with van der Waals surface area (Å²) in [5.41, 5.74) is 5.12. The van der Waals surface area contributed by atoms with Crippen LogP contribution in [0.3, 0.4) is 0 Å². The van der Waals surface area contributed by atoms with Crippen molar-refractivity contribution in [2.75, 3.05) is 18.0 Å². The van der Waals surface area contributed by atoms with Gasteiger partial charge >= 0.3 is 6.09 Å². The monoisotopic (exact) mass is 311 g/mol. The van der Waals surface area contributed by atoms with Crippen LogP contribution in [-0.4, -0.2) is 36.2 Å². The molecular weight excluding hydrogens is 297 g/mol. The molecule has 1 saturated heterocycles. The fourth-order valence-electron chi connectivity index (χ4n) is 1.97. The average molecular weight is 311 g/mol. The van der Waals surface area contributed by atoms with Crippen LogP contribution in [0.25, 0.3) is 0 Å². The van der Waals surface area contributed by atoms with Crippen molar-refractivity contribution >= 4 is 34.9 Å². The Bertz CT molecular complexity index is 608. The fourth-order valence-corrected chi connectivity index (χ4v) is 2.05. The first kappa shape index (κ1) is 15.2. The van der Waals surface area contributed by atoms with E-state index in [0.29, 0.717) is 17.2 Å². The number of carbonyl (C=O) groups excluding carboxylic acids is 2. The molecular formula is C13H14FN3O3S. The number of amides is 2. The molecule has 0 saturated carbocycles. The van der Waals surface area contributed by atoms with Gasteiger partial charge in [0, 0.05) is 0 Å². The summed E-state index contributed by atoms with van der Waals surface area (Å²) in [5.74, 6) is -1.63. The summed E-state index contributed by atoms with van der Waals surface area (Å²) in [4.78, 5) is 24.7. The Hall–Kier alpha value is -2.22. The Morgan fingerprint density at radius 1 is 1.62 bits per heavy atom. The van der Waals surface area contributed by atoms with Crippen molar-refractivity contribution in [3.8, 4) is 0 Å². The number of hydrogen-bond acceptors (Lipinski definition) is 4. The minimum atomic E-state index is -0.860. The number of hydrogen-bond donors (Lipinski definition) is 2. The van der Waals surface area contributed by atoms with Crippen molar-refractivity contribution in [1.29, 1.82) is 0 Å². The second-order valence-corrected chi connectivity index (χ2v) is 5.19. The van der Waals surface area contributed by atoms with E-state index in [2.05, 4.69) is 5.32 Å². The summed E-state index contributed by atoms with van der Waals surface area (Å²) >= 11 is 4.88. The summed E-state index contributed by atoms with van der Waals surface area (Å²) in [7, 11) is 0. The third-order valence-corrected chi connectivity index (χ3v) is 3.13. The normalized spacial score (nSPS) is 17.5. The molecule has 1 aromatic rings. The molecule has 6 nitrogen and oxygen atoms in total. The van der Waals surface area contributed by atoms with E-state index in [1.165, 1.54) is 17.0 Å². The van der Waals surface area contributed by atoms with Crippen molar-refractivity contribution in [2.45, 2.75) is 13.0 Å². The Morgan fingerprint density at radius 2 is 2.33 bits per heavy atom. The number of nitrogens with one attached hydrogen (secondary N) is 1. The number of rotatable bonds is 4. The van der Waals surface area contributed by atoms with Crippen LogP contribution in [0, 0.1) is 5.82 Å². The lowest BCUT2D eigenvalue weighted by Crippen LogP contribution is -2.32. The molecule has 1 fully saturated rings. The van der Waals surface area contributed by atoms with Crippen molar-refractivity contribution < 1.29 is 18.7 Å². The van der Waals surface area contributed by atoms with Crippen LogP contribution < -0.4 is 16.0 Å². The van der Waals surface area contributed by atoms with E-state index in [1.54, 1.807) is 6.92 Å². The van der Waals surface area contributed by atoms with Gasteiger partial charge in [0.2, 0.25) is 0 Å². The van der Waals surface area contributed by atoms with Crippen molar-refractivity contribution in [3.63, 3.8) is 0 Å². The molecule has 0 bridgehead atoms.